The van der Waals surface area contributed by atoms with Crippen molar-refractivity contribution in [3.05, 3.63) is 11.8 Å². The maximum atomic E-state index is 5.52. The molecule has 0 aliphatic heterocycles. The summed E-state index contributed by atoms with van der Waals surface area (Å²) in [6.45, 7) is 4.42. The molecule has 0 N–H and O–H groups in total. The summed E-state index contributed by atoms with van der Waals surface area (Å²) in [6, 6.07) is 0. The minimum Gasteiger partial charge on any atom is -0.422 e. The second-order valence-corrected chi connectivity index (χ2v) is 3.80. The minimum atomic E-state index is 0.416. The Morgan fingerprint density at radius 2 is 1.88 bits per heavy atom. The Morgan fingerprint density at radius 3 is 2.50 bits per heavy atom. The van der Waals surface area contributed by atoms with Crippen LogP contribution in [0.2, 0.25) is 0 Å². The molecule has 4 nitrogen and oxygen atoms in total. The molecule has 0 radical (unpaired) electrons. The van der Waals surface area contributed by atoms with Gasteiger partial charge in [-0.3, -0.25) is 0 Å². The molecule has 16 heavy (non-hydrogen) atoms. The summed E-state index contributed by atoms with van der Waals surface area (Å²) in [5.74, 6) is 1.88. The van der Waals surface area contributed by atoms with Crippen molar-refractivity contribution in [2.24, 2.45) is 0 Å². The van der Waals surface area contributed by atoms with E-state index in [1.807, 2.05) is 13.8 Å². The first-order chi connectivity index (χ1) is 7.90. The van der Waals surface area contributed by atoms with Gasteiger partial charge in [0.05, 0.1) is 0 Å². The van der Waals surface area contributed by atoms with Crippen LogP contribution in [0.4, 0.5) is 0 Å². The second kappa shape index (κ2) is 7.39. The first kappa shape index (κ1) is 13.2. The van der Waals surface area contributed by atoms with Crippen molar-refractivity contribution in [2.75, 3.05) is 7.11 Å². The maximum absolute atomic E-state index is 5.52. The molecular formula is C12H22N2O2. The minimum absolute atomic E-state index is 0.416. The zero-order valence-corrected chi connectivity index (χ0v) is 10.5. The van der Waals surface area contributed by atoms with Crippen LogP contribution in [0.25, 0.3) is 0 Å². The highest BCUT2D eigenvalue weighted by atomic mass is 16.5. The van der Waals surface area contributed by atoms with E-state index in [4.69, 9.17) is 9.15 Å². The van der Waals surface area contributed by atoms with Crippen LogP contribution in [0.15, 0.2) is 4.42 Å². The van der Waals surface area contributed by atoms with Gasteiger partial charge in [0.1, 0.15) is 6.61 Å². The molecule has 0 atom stereocenters. The lowest BCUT2D eigenvalue weighted by Gasteiger charge is -2.17. The third kappa shape index (κ3) is 3.59. The van der Waals surface area contributed by atoms with Crippen LogP contribution in [-0.4, -0.2) is 17.3 Å². The fourth-order valence-corrected chi connectivity index (χ4v) is 1.96. The van der Waals surface area contributed by atoms with Crippen molar-refractivity contribution >= 4 is 0 Å². The maximum Gasteiger partial charge on any atom is 0.242 e. The van der Waals surface area contributed by atoms with Gasteiger partial charge in [-0.15, -0.1) is 10.2 Å². The zero-order valence-electron chi connectivity index (χ0n) is 10.5. The average Bonchev–Trinajstić information content (AvgIpc) is 2.82. The fraction of sp³-hybridized carbons (Fsp3) is 0.833. The monoisotopic (exact) mass is 226 g/mol. The van der Waals surface area contributed by atoms with E-state index in [9.17, 15) is 0 Å². The molecule has 0 saturated heterocycles. The van der Waals surface area contributed by atoms with E-state index in [1.54, 1.807) is 7.11 Å². The summed E-state index contributed by atoms with van der Waals surface area (Å²) in [5, 5.41) is 8.00. The molecule has 2 rings (SSSR count). The summed E-state index contributed by atoms with van der Waals surface area (Å²) in [6.07, 6.45) is 6.29. The number of rotatable bonds is 3. The summed E-state index contributed by atoms with van der Waals surface area (Å²) < 4.78 is 10.4. The van der Waals surface area contributed by atoms with Gasteiger partial charge in [-0.05, 0) is 12.8 Å². The number of hydrogen-bond acceptors (Lipinski definition) is 4. The van der Waals surface area contributed by atoms with Crippen LogP contribution in [0, 0.1) is 0 Å². The molecule has 1 aromatic rings. The van der Waals surface area contributed by atoms with E-state index < -0.39 is 0 Å². The van der Waals surface area contributed by atoms with E-state index in [0.717, 1.165) is 5.89 Å². The fourth-order valence-electron chi connectivity index (χ4n) is 1.96. The third-order valence-corrected chi connectivity index (χ3v) is 2.70. The summed E-state index contributed by atoms with van der Waals surface area (Å²) in [7, 11) is 1.63. The van der Waals surface area contributed by atoms with Crippen LogP contribution >= 0.6 is 0 Å². The number of aromatic nitrogens is 2. The predicted octanol–water partition coefficient (Wildman–Crippen LogP) is 3.29. The Bertz CT molecular complexity index is 280. The largest absolute Gasteiger partial charge is 0.422 e. The number of nitrogens with zero attached hydrogens (tertiary/aromatic N) is 2. The highest BCUT2D eigenvalue weighted by molar-refractivity contribution is 4.92. The zero-order chi connectivity index (χ0) is 11.8. The van der Waals surface area contributed by atoms with E-state index >= 15 is 0 Å². The van der Waals surface area contributed by atoms with Crippen molar-refractivity contribution in [2.45, 2.75) is 58.5 Å². The lowest BCUT2D eigenvalue weighted by atomic mass is 9.89. The highest BCUT2D eigenvalue weighted by Crippen LogP contribution is 2.31. The lowest BCUT2D eigenvalue weighted by molar-refractivity contribution is 0.156. The normalized spacial score (nSPS) is 16.7. The van der Waals surface area contributed by atoms with Gasteiger partial charge in [0.2, 0.25) is 11.8 Å². The molecular weight excluding hydrogens is 204 g/mol. The smallest absolute Gasteiger partial charge is 0.242 e. The molecule has 1 aromatic heterocycles. The van der Waals surface area contributed by atoms with Gasteiger partial charge in [-0.2, -0.15) is 0 Å². The molecule has 1 aliphatic rings. The van der Waals surface area contributed by atoms with Crippen LogP contribution < -0.4 is 0 Å². The van der Waals surface area contributed by atoms with Gasteiger partial charge >= 0.3 is 0 Å². The van der Waals surface area contributed by atoms with Gasteiger partial charge < -0.3 is 9.15 Å². The van der Waals surface area contributed by atoms with Gasteiger partial charge in [-0.25, -0.2) is 0 Å². The van der Waals surface area contributed by atoms with E-state index in [-0.39, 0.29) is 0 Å². The SMILES string of the molecule is CC.COCc1nnc(C2CCCCC2)o1. The summed E-state index contributed by atoms with van der Waals surface area (Å²) >= 11 is 0. The van der Waals surface area contributed by atoms with Gasteiger partial charge in [0.25, 0.3) is 0 Å². The van der Waals surface area contributed by atoms with Crippen molar-refractivity contribution in [3.8, 4) is 0 Å². The standard InChI is InChI=1S/C10H16N2O2.C2H6/c1-13-7-9-11-12-10(14-9)8-5-3-2-4-6-8;1-2/h8H,2-7H2,1H3;1-2H3. The Labute approximate surface area is 97.4 Å². The molecule has 0 bridgehead atoms. The van der Waals surface area contributed by atoms with E-state index in [0.29, 0.717) is 18.4 Å². The van der Waals surface area contributed by atoms with Crippen molar-refractivity contribution in [1.29, 1.82) is 0 Å². The van der Waals surface area contributed by atoms with Gasteiger partial charge in [0, 0.05) is 13.0 Å². The van der Waals surface area contributed by atoms with Crippen molar-refractivity contribution in [3.63, 3.8) is 0 Å². The molecule has 0 amide bonds. The van der Waals surface area contributed by atoms with Crippen LogP contribution in [0.5, 0.6) is 0 Å². The van der Waals surface area contributed by atoms with E-state index in [1.165, 1.54) is 32.1 Å². The molecule has 4 heteroatoms. The molecule has 0 aromatic carbocycles. The number of hydrogen-bond donors (Lipinski definition) is 0. The quantitative estimate of drug-likeness (QED) is 0.793. The highest BCUT2D eigenvalue weighted by Gasteiger charge is 2.20. The Balaban J connectivity index is 0.000000606. The third-order valence-electron chi connectivity index (χ3n) is 2.70. The van der Waals surface area contributed by atoms with Crippen LogP contribution in [0.3, 0.4) is 0 Å². The second-order valence-electron chi connectivity index (χ2n) is 3.80. The molecule has 0 spiro atoms. The molecule has 1 fully saturated rings. The van der Waals surface area contributed by atoms with Crippen molar-refractivity contribution < 1.29 is 9.15 Å². The Hall–Kier alpha value is -0.900. The van der Waals surface area contributed by atoms with Crippen LogP contribution in [0.1, 0.15) is 63.7 Å². The molecule has 0 unspecified atom stereocenters. The van der Waals surface area contributed by atoms with Crippen molar-refractivity contribution in [1.82, 2.24) is 10.2 Å². The molecule has 1 heterocycles. The Kier molecular flexibility index (Phi) is 6.08. The first-order valence-electron chi connectivity index (χ1n) is 6.21. The molecule has 92 valence electrons. The van der Waals surface area contributed by atoms with E-state index in [2.05, 4.69) is 10.2 Å². The summed E-state index contributed by atoms with van der Waals surface area (Å²) in [4.78, 5) is 0. The number of methoxy groups -OCH3 is 1. The Morgan fingerprint density at radius 1 is 1.19 bits per heavy atom. The topological polar surface area (TPSA) is 48.2 Å². The number of ether oxygens (including phenoxy) is 1. The lowest BCUT2D eigenvalue weighted by Crippen LogP contribution is -2.04. The average molecular weight is 226 g/mol. The van der Waals surface area contributed by atoms with Gasteiger partial charge in [0.15, 0.2) is 0 Å². The predicted molar refractivity (Wildman–Crippen MR) is 62.2 cm³/mol. The van der Waals surface area contributed by atoms with Crippen LogP contribution in [-0.2, 0) is 11.3 Å². The molecule has 1 aliphatic carbocycles. The molecule has 1 saturated carbocycles. The van der Waals surface area contributed by atoms with Gasteiger partial charge in [-0.1, -0.05) is 33.1 Å². The summed E-state index contributed by atoms with van der Waals surface area (Å²) in [5.41, 5.74) is 0. The first-order valence-corrected chi connectivity index (χ1v) is 6.21.